The topological polar surface area (TPSA) is 34.1 Å². The lowest BCUT2D eigenvalue weighted by Crippen LogP contribution is -2.17. The number of methoxy groups -OCH3 is 1. The maximum atomic E-state index is 5.22. The Labute approximate surface area is 99.1 Å². The average Bonchev–Trinajstić information content (AvgIpc) is 2.84. The van der Waals surface area contributed by atoms with Crippen molar-refractivity contribution in [1.82, 2.24) is 10.3 Å². The van der Waals surface area contributed by atoms with E-state index in [-0.39, 0.29) is 6.04 Å². The first-order valence-corrected chi connectivity index (χ1v) is 5.98. The van der Waals surface area contributed by atoms with Crippen molar-refractivity contribution >= 4 is 11.3 Å². The molecule has 0 amide bonds. The van der Waals surface area contributed by atoms with Crippen LogP contribution in [0.25, 0.3) is 0 Å². The van der Waals surface area contributed by atoms with Crippen molar-refractivity contribution in [2.24, 2.45) is 0 Å². The van der Waals surface area contributed by atoms with Gasteiger partial charge in [-0.3, -0.25) is 0 Å². The lowest BCUT2D eigenvalue weighted by molar-refractivity contribution is 0.413. The van der Waals surface area contributed by atoms with Gasteiger partial charge in [-0.15, -0.1) is 11.3 Å². The molecule has 2 rings (SSSR count). The van der Waals surface area contributed by atoms with Gasteiger partial charge in [0.25, 0.3) is 0 Å². The Kier molecular flexibility index (Phi) is 3.54. The van der Waals surface area contributed by atoms with Crippen LogP contribution < -0.4 is 10.1 Å². The normalized spacial score (nSPS) is 12.4. The quantitative estimate of drug-likeness (QED) is 0.882. The Morgan fingerprint density at radius 2 is 2.31 bits per heavy atom. The number of aromatic nitrogens is 1. The fourth-order valence-electron chi connectivity index (χ4n) is 1.67. The first-order chi connectivity index (χ1) is 7.85. The van der Waals surface area contributed by atoms with Crippen LogP contribution in [0, 0.1) is 0 Å². The van der Waals surface area contributed by atoms with Crippen molar-refractivity contribution in [3.63, 3.8) is 0 Å². The highest BCUT2D eigenvalue weighted by molar-refractivity contribution is 7.07. The Bertz CT molecular complexity index is 442. The molecule has 0 aliphatic carbocycles. The molecule has 0 radical (unpaired) electrons. The molecule has 1 aromatic carbocycles. The summed E-state index contributed by atoms with van der Waals surface area (Å²) in [5, 5.41) is 5.32. The highest BCUT2D eigenvalue weighted by Gasteiger charge is 2.13. The highest BCUT2D eigenvalue weighted by Crippen LogP contribution is 2.24. The van der Waals surface area contributed by atoms with Gasteiger partial charge in [-0.2, -0.15) is 0 Å². The Balaban J connectivity index is 2.33. The van der Waals surface area contributed by atoms with Crippen LogP contribution in [0.3, 0.4) is 0 Å². The van der Waals surface area contributed by atoms with E-state index in [0.717, 1.165) is 17.0 Å². The van der Waals surface area contributed by atoms with Crippen LogP contribution in [-0.2, 0) is 0 Å². The van der Waals surface area contributed by atoms with Gasteiger partial charge < -0.3 is 10.1 Å². The third-order valence-corrected chi connectivity index (χ3v) is 3.07. The molecule has 0 spiro atoms. The number of ether oxygens (including phenoxy) is 1. The van der Waals surface area contributed by atoms with Gasteiger partial charge in [0, 0.05) is 5.38 Å². The lowest BCUT2D eigenvalue weighted by atomic mass is 10.0. The Morgan fingerprint density at radius 1 is 1.44 bits per heavy atom. The smallest absolute Gasteiger partial charge is 0.119 e. The lowest BCUT2D eigenvalue weighted by Gasteiger charge is -2.15. The number of rotatable bonds is 4. The molecule has 4 heteroatoms. The standard InChI is InChI=1S/C12H14N2OS/c1-13-12(11-7-16-8-14-11)9-4-3-5-10(6-9)15-2/h3-8,12-13H,1-2H3. The summed E-state index contributed by atoms with van der Waals surface area (Å²) in [6, 6.07) is 8.16. The molecule has 0 bridgehead atoms. The van der Waals surface area contributed by atoms with Crippen LogP contribution in [-0.4, -0.2) is 19.1 Å². The van der Waals surface area contributed by atoms with E-state index in [4.69, 9.17) is 4.74 Å². The van der Waals surface area contributed by atoms with Gasteiger partial charge in [-0.1, -0.05) is 12.1 Å². The van der Waals surface area contributed by atoms with Gasteiger partial charge in [0.15, 0.2) is 0 Å². The molecule has 0 fully saturated rings. The van der Waals surface area contributed by atoms with Crippen LogP contribution in [0.2, 0.25) is 0 Å². The molecule has 3 nitrogen and oxygen atoms in total. The van der Waals surface area contributed by atoms with Crippen molar-refractivity contribution in [3.8, 4) is 5.75 Å². The predicted molar refractivity (Wildman–Crippen MR) is 66.0 cm³/mol. The summed E-state index contributed by atoms with van der Waals surface area (Å²) in [6.07, 6.45) is 0. The molecule has 1 atom stereocenters. The number of hydrogen-bond acceptors (Lipinski definition) is 4. The molecule has 0 saturated heterocycles. The zero-order chi connectivity index (χ0) is 11.4. The maximum absolute atomic E-state index is 5.22. The molecular weight excluding hydrogens is 220 g/mol. The first kappa shape index (κ1) is 11.1. The van der Waals surface area contributed by atoms with E-state index in [1.165, 1.54) is 0 Å². The molecule has 1 N–H and O–H groups in total. The molecule has 2 aromatic rings. The van der Waals surface area contributed by atoms with Crippen LogP contribution in [0.1, 0.15) is 17.3 Å². The summed E-state index contributed by atoms with van der Waals surface area (Å²) in [7, 11) is 3.61. The van der Waals surface area contributed by atoms with E-state index < -0.39 is 0 Å². The van der Waals surface area contributed by atoms with E-state index in [2.05, 4.69) is 21.7 Å². The minimum absolute atomic E-state index is 0.126. The number of hydrogen-bond donors (Lipinski definition) is 1. The third-order valence-electron chi connectivity index (χ3n) is 2.46. The molecule has 0 aliphatic heterocycles. The van der Waals surface area contributed by atoms with Gasteiger partial charge in [0.2, 0.25) is 0 Å². The van der Waals surface area contributed by atoms with Crippen LogP contribution >= 0.6 is 11.3 Å². The molecule has 16 heavy (non-hydrogen) atoms. The molecule has 0 saturated carbocycles. The minimum Gasteiger partial charge on any atom is -0.497 e. The summed E-state index contributed by atoms with van der Waals surface area (Å²) in [4.78, 5) is 4.33. The summed E-state index contributed by atoms with van der Waals surface area (Å²) in [6.45, 7) is 0. The van der Waals surface area contributed by atoms with Crippen molar-refractivity contribution in [2.75, 3.05) is 14.2 Å². The fourth-order valence-corrected chi connectivity index (χ4v) is 2.25. The van der Waals surface area contributed by atoms with Crippen LogP contribution in [0.4, 0.5) is 0 Å². The highest BCUT2D eigenvalue weighted by atomic mass is 32.1. The molecule has 84 valence electrons. The average molecular weight is 234 g/mol. The summed E-state index contributed by atoms with van der Waals surface area (Å²) >= 11 is 1.61. The van der Waals surface area contributed by atoms with Crippen LogP contribution in [0.15, 0.2) is 35.2 Å². The molecular formula is C12H14N2OS. The summed E-state index contributed by atoms with van der Waals surface area (Å²) in [5.41, 5.74) is 4.05. The van der Waals surface area contributed by atoms with Gasteiger partial charge in [-0.05, 0) is 24.7 Å². The third kappa shape index (κ3) is 2.23. The second-order valence-corrected chi connectivity index (χ2v) is 4.13. The van der Waals surface area contributed by atoms with Gasteiger partial charge in [-0.25, -0.2) is 4.98 Å². The van der Waals surface area contributed by atoms with Gasteiger partial charge in [0.1, 0.15) is 5.75 Å². The molecule has 0 aliphatic rings. The summed E-state index contributed by atoms with van der Waals surface area (Å²) in [5.74, 6) is 0.868. The van der Waals surface area contributed by atoms with Crippen molar-refractivity contribution in [3.05, 3.63) is 46.4 Å². The van der Waals surface area contributed by atoms with Crippen LogP contribution in [0.5, 0.6) is 5.75 Å². The SMILES string of the molecule is CNC(c1cccc(OC)c1)c1cscn1. The largest absolute Gasteiger partial charge is 0.497 e. The number of nitrogens with zero attached hydrogens (tertiary/aromatic N) is 1. The Hall–Kier alpha value is -1.39. The fraction of sp³-hybridized carbons (Fsp3) is 0.250. The van der Waals surface area contributed by atoms with E-state index in [1.807, 2.05) is 30.8 Å². The zero-order valence-electron chi connectivity index (χ0n) is 9.31. The predicted octanol–water partition coefficient (Wildman–Crippen LogP) is 2.46. The number of benzene rings is 1. The van der Waals surface area contributed by atoms with E-state index in [9.17, 15) is 0 Å². The Morgan fingerprint density at radius 3 is 2.94 bits per heavy atom. The van der Waals surface area contributed by atoms with Crippen molar-refractivity contribution in [1.29, 1.82) is 0 Å². The first-order valence-electron chi connectivity index (χ1n) is 5.04. The molecule has 1 unspecified atom stereocenters. The van der Waals surface area contributed by atoms with Crippen molar-refractivity contribution in [2.45, 2.75) is 6.04 Å². The van der Waals surface area contributed by atoms with Gasteiger partial charge in [0.05, 0.1) is 24.4 Å². The second-order valence-electron chi connectivity index (χ2n) is 3.41. The monoisotopic (exact) mass is 234 g/mol. The van der Waals surface area contributed by atoms with E-state index in [1.54, 1.807) is 18.4 Å². The molecule has 1 heterocycles. The minimum atomic E-state index is 0.126. The van der Waals surface area contributed by atoms with E-state index >= 15 is 0 Å². The van der Waals surface area contributed by atoms with E-state index in [0.29, 0.717) is 0 Å². The van der Waals surface area contributed by atoms with Gasteiger partial charge >= 0.3 is 0 Å². The second kappa shape index (κ2) is 5.09. The number of thiazole rings is 1. The van der Waals surface area contributed by atoms with Crippen molar-refractivity contribution < 1.29 is 4.74 Å². The number of nitrogens with one attached hydrogen (secondary N) is 1. The maximum Gasteiger partial charge on any atom is 0.119 e. The summed E-state index contributed by atoms with van der Waals surface area (Å²) < 4.78 is 5.22. The molecule has 1 aromatic heterocycles. The zero-order valence-corrected chi connectivity index (χ0v) is 10.1.